The van der Waals surface area contributed by atoms with E-state index in [1.165, 1.54) is 17.8 Å². The van der Waals surface area contributed by atoms with Gasteiger partial charge >= 0.3 is 0 Å². The third kappa shape index (κ3) is 3.25. The summed E-state index contributed by atoms with van der Waals surface area (Å²) in [4.78, 5) is 25.1. The van der Waals surface area contributed by atoms with Gasteiger partial charge in [0.2, 0.25) is 5.91 Å². The summed E-state index contributed by atoms with van der Waals surface area (Å²) in [6, 6.07) is 5.09. The van der Waals surface area contributed by atoms with Crippen LogP contribution in [0.15, 0.2) is 23.0 Å². The van der Waals surface area contributed by atoms with Gasteiger partial charge in [0, 0.05) is 0 Å². The number of carbonyl (C=O) groups is 1. The van der Waals surface area contributed by atoms with Crippen LogP contribution in [0, 0.1) is 0 Å². The molecule has 1 saturated heterocycles. The molecule has 1 atom stereocenters. The van der Waals surface area contributed by atoms with Gasteiger partial charge in [0.1, 0.15) is 11.6 Å². The molecular weight excluding hydrogens is 394 g/mol. The Balaban J connectivity index is 1.82. The van der Waals surface area contributed by atoms with Crippen LogP contribution in [0.25, 0.3) is 0 Å². The van der Waals surface area contributed by atoms with Gasteiger partial charge in [-0.15, -0.1) is 11.8 Å². The van der Waals surface area contributed by atoms with Crippen LogP contribution in [0.2, 0.25) is 5.02 Å². The highest BCUT2D eigenvalue weighted by atomic mass is 35.5. The summed E-state index contributed by atoms with van der Waals surface area (Å²) in [6.45, 7) is 0. The molecule has 1 fully saturated rings. The number of hydrogen-bond donors (Lipinski definition) is 3. The number of nitrogens with zero attached hydrogens (tertiary/aromatic N) is 1. The van der Waals surface area contributed by atoms with Gasteiger partial charge in [0.05, 0.1) is 27.6 Å². The lowest BCUT2D eigenvalue weighted by Crippen LogP contribution is -2.22. The summed E-state index contributed by atoms with van der Waals surface area (Å²) in [5, 5.41) is 15.4. The standard InChI is InChI=1S/C17H18ClN3O3S2/c18-11-7-9(1-2-12(11)22)15-14-16(19-13(23)8-26-15)21(20-17(14)24)10-3-5-25-6-4-10/h1-2,7,10,15,22H,3-6,8H2,(H,19,23)(H,20,24). The average Bonchev–Trinajstić information content (AvgIpc) is 2.84. The van der Waals surface area contributed by atoms with E-state index in [2.05, 4.69) is 10.4 Å². The molecule has 1 amide bonds. The van der Waals surface area contributed by atoms with Crippen LogP contribution >= 0.6 is 35.1 Å². The Morgan fingerprint density at radius 1 is 1.23 bits per heavy atom. The van der Waals surface area contributed by atoms with Crippen LogP contribution < -0.4 is 10.9 Å². The number of hydrogen-bond acceptors (Lipinski definition) is 5. The van der Waals surface area contributed by atoms with Crippen molar-refractivity contribution in [1.82, 2.24) is 9.78 Å². The Morgan fingerprint density at radius 2 is 2.00 bits per heavy atom. The zero-order valence-electron chi connectivity index (χ0n) is 13.8. The number of carbonyl (C=O) groups excluding carboxylic acids is 1. The fourth-order valence-corrected chi connectivity index (χ4v) is 5.80. The number of halogens is 1. The number of rotatable bonds is 2. The zero-order valence-corrected chi connectivity index (χ0v) is 16.2. The molecule has 0 radical (unpaired) electrons. The highest BCUT2D eigenvalue weighted by Gasteiger charge is 2.32. The van der Waals surface area contributed by atoms with Crippen LogP contribution in [0.5, 0.6) is 5.75 Å². The first-order chi connectivity index (χ1) is 12.5. The molecule has 6 nitrogen and oxygen atoms in total. The van der Waals surface area contributed by atoms with E-state index in [0.717, 1.165) is 29.9 Å². The van der Waals surface area contributed by atoms with Crippen molar-refractivity contribution in [3.05, 3.63) is 44.7 Å². The van der Waals surface area contributed by atoms with Crippen molar-refractivity contribution in [2.45, 2.75) is 24.1 Å². The van der Waals surface area contributed by atoms with Crippen LogP contribution in [-0.2, 0) is 4.79 Å². The largest absolute Gasteiger partial charge is 0.506 e. The molecular formula is C17H18ClN3O3S2. The van der Waals surface area contributed by atoms with E-state index >= 15 is 0 Å². The smallest absolute Gasteiger partial charge is 0.270 e. The molecule has 1 aromatic heterocycles. The average molecular weight is 412 g/mol. The minimum absolute atomic E-state index is 0.00495. The van der Waals surface area contributed by atoms with Crippen LogP contribution in [0.1, 0.15) is 35.3 Å². The molecule has 4 rings (SSSR count). The number of aromatic hydroxyl groups is 1. The number of phenolic OH excluding ortho intramolecular Hbond substituents is 1. The topological polar surface area (TPSA) is 87.1 Å². The van der Waals surface area contributed by atoms with E-state index in [0.29, 0.717) is 11.4 Å². The Bertz CT molecular complexity index is 905. The van der Waals surface area contributed by atoms with Crippen molar-refractivity contribution < 1.29 is 9.90 Å². The lowest BCUT2D eigenvalue weighted by Gasteiger charge is -2.24. The molecule has 2 aliphatic rings. The van der Waals surface area contributed by atoms with Gasteiger partial charge in [-0.2, -0.15) is 11.8 Å². The molecule has 138 valence electrons. The van der Waals surface area contributed by atoms with Crippen molar-refractivity contribution in [3.8, 4) is 5.75 Å². The van der Waals surface area contributed by atoms with Gasteiger partial charge < -0.3 is 10.4 Å². The van der Waals surface area contributed by atoms with Gasteiger partial charge in [-0.1, -0.05) is 17.7 Å². The highest BCUT2D eigenvalue weighted by molar-refractivity contribution is 8.00. The summed E-state index contributed by atoms with van der Waals surface area (Å²) < 4.78 is 1.84. The van der Waals surface area contributed by atoms with Crippen molar-refractivity contribution in [3.63, 3.8) is 0 Å². The maximum Gasteiger partial charge on any atom is 0.270 e. The zero-order chi connectivity index (χ0) is 18.3. The first kappa shape index (κ1) is 17.9. The number of thioether (sulfide) groups is 2. The molecule has 0 bridgehead atoms. The van der Waals surface area contributed by atoms with Gasteiger partial charge in [0.25, 0.3) is 5.56 Å². The SMILES string of the molecule is O=C1CSC(c2ccc(O)c(Cl)c2)c2c(n(C3CCSCC3)[nH]c2=O)N1. The van der Waals surface area contributed by atoms with Gasteiger partial charge in [-0.3, -0.25) is 19.4 Å². The molecule has 1 aromatic carbocycles. The lowest BCUT2D eigenvalue weighted by molar-refractivity contribution is -0.113. The number of benzene rings is 1. The molecule has 1 unspecified atom stereocenters. The van der Waals surface area contributed by atoms with Gasteiger partial charge in [-0.05, 0) is 42.0 Å². The molecule has 0 saturated carbocycles. The van der Waals surface area contributed by atoms with Crippen LogP contribution in [-0.4, -0.2) is 38.1 Å². The molecule has 2 aromatic rings. The number of amides is 1. The minimum atomic E-state index is -0.329. The molecule has 9 heteroatoms. The van der Waals surface area contributed by atoms with Crippen molar-refractivity contribution in [2.75, 3.05) is 22.6 Å². The molecule has 0 aliphatic carbocycles. The van der Waals surface area contributed by atoms with E-state index < -0.39 is 0 Å². The summed E-state index contributed by atoms with van der Waals surface area (Å²) in [5.74, 6) is 2.77. The number of aromatic amines is 1. The summed E-state index contributed by atoms with van der Waals surface area (Å²) in [7, 11) is 0. The molecule has 2 aliphatic heterocycles. The number of anilines is 1. The first-order valence-electron chi connectivity index (χ1n) is 8.36. The molecule has 3 heterocycles. The summed E-state index contributed by atoms with van der Waals surface area (Å²) in [5.41, 5.74) is 1.14. The lowest BCUT2D eigenvalue weighted by atomic mass is 10.1. The Hall–Kier alpha value is -1.51. The van der Waals surface area contributed by atoms with E-state index in [1.807, 2.05) is 16.4 Å². The number of nitrogens with one attached hydrogen (secondary N) is 2. The number of H-pyrrole nitrogens is 1. The van der Waals surface area contributed by atoms with Crippen LogP contribution in [0.3, 0.4) is 0 Å². The van der Waals surface area contributed by atoms with E-state index in [-0.39, 0.29) is 39.3 Å². The second-order valence-corrected chi connectivity index (χ2v) is 9.09. The second kappa shape index (κ2) is 7.25. The fourth-order valence-electron chi connectivity index (χ4n) is 3.41. The van der Waals surface area contributed by atoms with E-state index in [4.69, 9.17) is 11.6 Å². The first-order valence-corrected chi connectivity index (χ1v) is 10.9. The number of phenols is 1. The molecule has 0 spiro atoms. The van der Waals surface area contributed by atoms with Gasteiger partial charge in [0.15, 0.2) is 0 Å². The molecule has 26 heavy (non-hydrogen) atoms. The second-order valence-electron chi connectivity index (χ2n) is 6.37. The normalized spacial score (nSPS) is 21.1. The highest BCUT2D eigenvalue weighted by Crippen LogP contribution is 2.42. The summed E-state index contributed by atoms with van der Waals surface area (Å²) >= 11 is 9.36. The van der Waals surface area contributed by atoms with E-state index in [9.17, 15) is 14.7 Å². The minimum Gasteiger partial charge on any atom is -0.506 e. The third-order valence-electron chi connectivity index (χ3n) is 4.69. The Kier molecular flexibility index (Phi) is 4.98. The van der Waals surface area contributed by atoms with Crippen molar-refractivity contribution >= 4 is 46.8 Å². The maximum atomic E-state index is 12.8. The molecule has 3 N–H and O–H groups in total. The monoisotopic (exact) mass is 411 g/mol. The number of aromatic nitrogens is 2. The van der Waals surface area contributed by atoms with Crippen molar-refractivity contribution in [2.24, 2.45) is 0 Å². The number of fused-ring (bicyclic) bond motifs is 1. The third-order valence-corrected chi connectivity index (χ3v) is 7.32. The fraction of sp³-hybridized carbons (Fsp3) is 0.412. The van der Waals surface area contributed by atoms with E-state index in [1.54, 1.807) is 12.1 Å². The quantitative estimate of drug-likeness (QED) is 0.705. The Labute approximate surface area is 163 Å². The summed E-state index contributed by atoms with van der Waals surface area (Å²) in [6.07, 6.45) is 1.92. The predicted octanol–water partition coefficient (Wildman–Crippen LogP) is 3.38. The van der Waals surface area contributed by atoms with Crippen molar-refractivity contribution in [1.29, 1.82) is 0 Å². The predicted molar refractivity (Wildman–Crippen MR) is 107 cm³/mol. The maximum absolute atomic E-state index is 12.8. The Morgan fingerprint density at radius 3 is 2.73 bits per heavy atom. The van der Waals surface area contributed by atoms with Crippen LogP contribution in [0.4, 0.5) is 5.82 Å². The van der Waals surface area contributed by atoms with Gasteiger partial charge in [-0.25, -0.2) is 0 Å².